The summed E-state index contributed by atoms with van der Waals surface area (Å²) >= 11 is 0. The van der Waals surface area contributed by atoms with Crippen LogP contribution in [0.2, 0.25) is 0 Å². The van der Waals surface area contributed by atoms with Gasteiger partial charge in [-0.2, -0.15) is 4.31 Å². The summed E-state index contributed by atoms with van der Waals surface area (Å²) in [6.45, 7) is 6.85. The summed E-state index contributed by atoms with van der Waals surface area (Å²) in [5, 5.41) is 2.74. The van der Waals surface area contributed by atoms with Gasteiger partial charge in [0.25, 0.3) is 5.91 Å². The lowest BCUT2D eigenvalue weighted by molar-refractivity contribution is -0.124. The van der Waals surface area contributed by atoms with Crippen molar-refractivity contribution >= 4 is 27.6 Å². The number of benzene rings is 1. The van der Waals surface area contributed by atoms with Crippen molar-refractivity contribution in [3.63, 3.8) is 0 Å². The molecular formula is C23H35N3O5S. The minimum absolute atomic E-state index is 0.0932. The van der Waals surface area contributed by atoms with E-state index in [1.54, 1.807) is 12.1 Å². The van der Waals surface area contributed by atoms with E-state index in [-0.39, 0.29) is 23.0 Å². The van der Waals surface area contributed by atoms with E-state index in [4.69, 9.17) is 4.74 Å². The first-order valence-electron chi connectivity index (χ1n) is 11.6. The van der Waals surface area contributed by atoms with Crippen molar-refractivity contribution in [2.45, 2.75) is 57.3 Å². The number of nitrogens with one attached hydrogen (secondary N) is 1. The number of sulfonamides is 1. The number of rotatable bonds is 9. The minimum Gasteiger partial charge on any atom is -0.452 e. The molecule has 0 bridgehead atoms. The second-order valence-electron chi connectivity index (χ2n) is 8.95. The average molecular weight is 466 g/mol. The fraction of sp³-hybridized carbons (Fsp3) is 0.652. The van der Waals surface area contributed by atoms with Crippen LogP contribution in [0.25, 0.3) is 0 Å². The molecule has 0 aromatic heterocycles. The first-order valence-corrected chi connectivity index (χ1v) is 13.1. The molecule has 2 saturated heterocycles. The van der Waals surface area contributed by atoms with Gasteiger partial charge in [-0.05, 0) is 56.2 Å². The van der Waals surface area contributed by atoms with Crippen LogP contribution in [0.15, 0.2) is 23.1 Å². The molecule has 3 rings (SSSR count). The van der Waals surface area contributed by atoms with Crippen molar-refractivity contribution in [1.82, 2.24) is 9.62 Å². The number of piperidine rings is 1. The first-order chi connectivity index (χ1) is 15.3. The van der Waals surface area contributed by atoms with E-state index in [1.165, 1.54) is 10.4 Å². The lowest BCUT2D eigenvalue weighted by Crippen LogP contribution is -2.35. The Morgan fingerprint density at radius 3 is 2.34 bits per heavy atom. The molecule has 2 fully saturated rings. The summed E-state index contributed by atoms with van der Waals surface area (Å²) in [5.41, 5.74) is 0.852. The number of hydrogen-bond acceptors (Lipinski definition) is 6. The van der Waals surface area contributed by atoms with Gasteiger partial charge in [-0.3, -0.25) is 4.79 Å². The monoisotopic (exact) mass is 465 g/mol. The Kier molecular flexibility index (Phi) is 8.53. The highest BCUT2D eigenvalue weighted by Crippen LogP contribution is 2.30. The molecule has 0 aliphatic carbocycles. The number of amides is 1. The highest BCUT2D eigenvalue weighted by Gasteiger charge is 2.29. The molecule has 8 nitrogen and oxygen atoms in total. The Bertz CT molecular complexity index is 904. The standard InChI is InChI=1S/C23H35N3O5S/c1-18(2)10-11-24-22(27)17-31-23(28)20-16-19(8-9-21(20)25-12-6-7-13-25)32(29,30)26-14-4-3-5-15-26/h8-9,16,18H,3-7,10-15,17H2,1-2H3,(H,24,27). The number of anilines is 1. The number of ether oxygens (including phenoxy) is 1. The average Bonchev–Trinajstić information content (AvgIpc) is 3.32. The van der Waals surface area contributed by atoms with E-state index in [0.717, 1.165) is 51.6 Å². The molecule has 178 valence electrons. The maximum Gasteiger partial charge on any atom is 0.340 e. The first kappa shape index (κ1) is 24.5. The van der Waals surface area contributed by atoms with Crippen molar-refractivity contribution in [1.29, 1.82) is 0 Å². The lowest BCUT2D eigenvalue weighted by atomic mass is 10.1. The van der Waals surface area contributed by atoms with Crippen LogP contribution in [0.4, 0.5) is 5.69 Å². The van der Waals surface area contributed by atoms with Crippen molar-refractivity contribution in [2.24, 2.45) is 5.92 Å². The maximum atomic E-state index is 13.1. The van der Waals surface area contributed by atoms with Gasteiger partial charge in [-0.25, -0.2) is 13.2 Å². The molecule has 9 heteroatoms. The largest absolute Gasteiger partial charge is 0.452 e. The van der Waals surface area contributed by atoms with Crippen molar-refractivity contribution in [3.8, 4) is 0 Å². The molecule has 0 atom stereocenters. The maximum absolute atomic E-state index is 13.1. The Balaban J connectivity index is 1.77. The van der Waals surface area contributed by atoms with Crippen LogP contribution in [0.3, 0.4) is 0 Å². The van der Waals surface area contributed by atoms with E-state index in [0.29, 0.717) is 31.2 Å². The molecule has 32 heavy (non-hydrogen) atoms. The molecule has 2 aliphatic rings. The van der Waals surface area contributed by atoms with Gasteiger partial charge >= 0.3 is 5.97 Å². The minimum atomic E-state index is -3.68. The van der Waals surface area contributed by atoms with E-state index in [9.17, 15) is 18.0 Å². The summed E-state index contributed by atoms with van der Waals surface area (Å²) in [5.74, 6) is -0.578. The third-order valence-corrected chi connectivity index (χ3v) is 7.86. The highest BCUT2D eigenvalue weighted by molar-refractivity contribution is 7.89. The number of nitrogens with zero attached hydrogens (tertiary/aromatic N) is 2. The Labute approximate surface area is 191 Å². The molecule has 1 aromatic rings. The van der Waals surface area contributed by atoms with Crippen molar-refractivity contribution < 1.29 is 22.7 Å². The molecule has 1 N–H and O–H groups in total. The predicted molar refractivity (Wildman–Crippen MR) is 123 cm³/mol. The van der Waals surface area contributed by atoms with E-state index in [2.05, 4.69) is 24.1 Å². The van der Waals surface area contributed by atoms with Crippen molar-refractivity contribution in [3.05, 3.63) is 23.8 Å². The van der Waals surface area contributed by atoms with Crippen LogP contribution >= 0.6 is 0 Å². The number of carbonyl (C=O) groups is 2. The van der Waals surface area contributed by atoms with E-state index < -0.39 is 16.0 Å². The van der Waals surface area contributed by atoms with Gasteiger partial charge in [-0.1, -0.05) is 20.3 Å². The quantitative estimate of drug-likeness (QED) is 0.564. The van der Waals surface area contributed by atoms with Crippen LogP contribution < -0.4 is 10.2 Å². The van der Waals surface area contributed by atoms with Crippen LogP contribution in [-0.2, 0) is 19.6 Å². The third-order valence-electron chi connectivity index (χ3n) is 5.97. The summed E-state index contributed by atoms with van der Waals surface area (Å²) in [6, 6.07) is 4.69. The van der Waals surface area contributed by atoms with Gasteiger partial charge in [0.05, 0.1) is 16.1 Å². The number of esters is 1. The molecule has 0 saturated carbocycles. The summed E-state index contributed by atoms with van der Waals surface area (Å²) in [4.78, 5) is 27.1. The SMILES string of the molecule is CC(C)CCNC(=O)COC(=O)c1cc(S(=O)(=O)N2CCCCC2)ccc1N1CCCC1. The molecule has 0 radical (unpaired) electrons. The molecule has 1 amide bonds. The molecule has 1 aromatic carbocycles. The highest BCUT2D eigenvalue weighted by atomic mass is 32.2. The second-order valence-corrected chi connectivity index (χ2v) is 10.9. The molecular weight excluding hydrogens is 430 g/mol. The van der Waals surface area contributed by atoms with E-state index >= 15 is 0 Å². The van der Waals surface area contributed by atoms with Gasteiger partial charge in [0.15, 0.2) is 6.61 Å². The van der Waals surface area contributed by atoms with Gasteiger partial charge in [0.1, 0.15) is 0 Å². The fourth-order valence-electron chi connectivity index (χ4n) is 4.09. The normalized spacial score (nSPS) is 17.5. The Morgan fingerprint density at radius 2 is 1.69 bits per heavy atom. The van der Waals surface area contributed by atoms with Crippen LogP contribution in [-0.4, -0.2) is 63.9 Å². The third kappa shape index (κ3) is 6.22. The second kappa shape index (κ2) is 11.1. The van der Waals surface area contributed by atoms with Gasteiger partial charge in [0, 0.05) is 32.7 Å². The summed E-state index contributed by atoms with van der Waals surface area (Å²) in [6.07, 6.45) is 5.57. The predicted octanol–water partition coefficient (Wildman–Crippen LogP) is 2.78. The number of hydrogen-bond donors (Lipinski definition) is 1. The molecule has 0 unspecified atom stereocenters. The summed E-state index contributed by atoms with van der Waals surface area (Å²) in [7, 11) is -3.68. The molecule has 2 aliphatic heterocycles. The number of carbonyl (C=O) groups excluding carboxylic acids is 2. The Morgan fingerprint density at radius 1 is 1.03 bits per heavy atom. The van der Waals surface area contributed by atoms with Gasteiger partial charge in [-0.15, -0.1) is 0 Å². The van der Waals surface area contributed by atoms with E-state index in [1.807, 2.05) is 0 Å². The fourth-order valence-corrected chi connectivity index (χ4v) is 5.63. The molecule has 2 heterocycles. The van der Waals surface area contributed by atoms with Crippen LogP contribution in [0.5, 0.6) is 0 Å². The Hall–Kier alpha value is -2.13. The van der Waals surface area contributed by atoms with Crippen molar-refractivity contribution in [2.75, 3.05) is 44.2 Å². The lowest BCUT2D eigenvalue weighted by Gasteiger charge is -2.27. The zero-order chi connectivity index (χ0) is 23.1. The van der Waals surface area contributed by atoms with Gasteiger partial charge in [0.2, 0.25) is 10.0 Å². The van der Waals surface area contributed by atoms with Crippen LogP contribution in [0, 0.1) is 5.92 Å². The smallest absolute Gasteiger partial charge is 0.340 e. The molecule has 0 spiro atoms. The zero-order valence-electron chi connectivity index (χ0n) is 19.1. The van der Waals surface area contributed by atoms with Crippen LogP contribution in [0.1, 0.15) is 62.7 Å². The summed E-state index contributed by atoms with van der Waals surface area (Å²) < 4.78 is 33.0. The topological polar surface area (TPSA) is 96.0 Å². The zero-order valence-corrected chi connectivity index (χ0v) is 20.0. The van der Waals surface area contributed by atoms with Gasteiger partial charge < -0.3 is 15.0 Å².